The Morgan fingerprint density at radius 2 is 1.45 bits per heavy atom. The molecule has 0 aliphatic heterocycles. The average Bonchev–Trinajstić information content (AvgIpc) is 2.94. The molecule has 0 atom stereocenters. The molecule has 12 nitrogen and oxygen atoms in total. The summed E-state index contributed by atoms with van der Waals surface area (Å²) in [6.45, 7) is 0.542. The lowest BCUT2D eigenvalue weighted by Gasteiger charge is -2.09. The number of rotatable bonds is 10. The Hall–Kier alpha value is -4.99. The molecule has 0 unspecified atom stereocenters. The van der Waals surface area contributed by atoms with Crippen molar-refractivity contribution >= 4 is 59.8 Å². The van der Waals surface area contributed by atoms with E-state index in [1.807, 2.05) is 24.3 Å². The smallest absolute Gasteiger partial charge is 0.373 e. The van der Waals surface area contributed by atoms with Gasteiger partial charge in [-0.2, -0.15) is 19.2 Å². The first-order valence-electron chi connectivity index (χ1n) is 11.8. The molecule has 0 saturated heterocycles. The van der Waals surface area contributed by atoms with Crippen LogP contribution in [0.1, 0.15) is 27.9 Å². The molecule has 14 heteroatoms. The van der Waals surface area contributed by atoms with Crippen LogP contribution < -0.4 is 26.3 Å². The van der Waals surface area contributed by atoms with E-state index in [4.69, 9.17) is 51.7 Å². The fraction of sp³-hybridized carbons (Fsp3) is 0.179. The van der Waals surface area contributed by atoms with E-state index in [9.17, 15) is 9.59 Å². The first-order valence-corrected chi connectivity index (χ1v) is 12.1. The van der Waals surface area contributed by atoms with Gasteiger partial charge in [0.2, 0.25) is 5.91 Å². The minimum atomic E-state index is -0.540. The predicted molar refractivity (Wildman–Crippen MR) is 154 cm³/mol. The second kappa shape index (κ2) is 20.8. The van der Waals surface area contributed by atoms with Crippen LogP contribution in [0.3, 0.4) is 0 Å². The van der Waals surface area contributed by atoms with Gasteiger partial charge >= 0.3 is 18.3 Å². The second-order valence-corrected chi connectivity index (χ2v) is 8.25. The monoisotopic (exact) mass is 618 g/mol. The van der Waals surface area contributed by atoms with Gasteiger partial charge in [0.15, 0.2) is 5.96 Å². The predicted octanol–water partition coefficient (Wildman–Crippen LogP) is 3.02. The number of esters is 1. The van der Waals surface area contributed by atoms with Crippen molar-refractivity contribution in [2.45, 2.75) is 19.3 Å². The fourth-order valence-corrected chi connectivity index (χ4v) is 3.52. The Morgan fingerprint density at radius 3 is 1.98 bits per heavy atom. The molecular formula is C28H28Cl2N4O8. The number of nitrogens with zero attached hydrogens (tertiary/aromatic N) is 1. The quantitative estimate of drug-likeness (QED) is 0.131. The third-order valence-corrected chi connectivity index (χ3v) is 5.46. The van der Waals surface area contributed by atoms with E-state index in [1.54, 1.807) is 49.6 Å². The molecule has 0 radical (unpaired) electrons. The molecule has 42 heavy (non-hydrogen) atoms. The summed E-state index contributed by atoms with van der Waals surface area (Å²) in [4.78, 5) is 61.0. The molecule has 0 aromatic heterocycles. The van der Waals surface area contributed by atoms with Crippen LogP contribution in [-0.4, -0.2) is 43.8 Å². The van der Waals surface area contributed by atoms with E-state index < -0.39 is 5.97 Å². The van der Waals surface area contributed by atoms with Crippen molar-refractivity contribution < 1.29 is 38.2 Å². The molecule has 0 spiro atoms. The largest absolute Gasteiger partial charge is 0.497 e. The summed E-state index contributed by atoms with van der Waals surface area (Å²) in [6.07, 6.45) is 1.99. The minimum Gasteiger partial charge on any atom is -0.497 e. The highest BCUT2D eigenvalue weighted by Gasteiger charge is 2.11. The number of ether oxygens (including phenoxy) is 2. The molecule has 0 saturated carbocycles. The zero-order valence-electron chi connectivity index (χ0n) is 22.3. The SMILES string of the molecule is COc1ccc(CCNC(=O)CCc2ccc(OC(=O)c3ccc(N=C(N)N)cc3)cc2Cl)cc1.Cl.O=C=O.O=C=O. The van der Waals surface area contributed by atoms with Gasteiger partial charge in [-0.05, 0) is 72.5 Å². The van der Waals surface area contributed by atoms with Gasteiger partial charge in [-0.25, -0.2) is 9.79 Å². The van der Waals surface area contributed by atoms with E-state index in [0.29, 0.717) is 41.4 Å². The first-order chi connectivity index (χ1) is 19.7. The molecule has 0 heterocycles. The van der Waals surface area contributed by atoms with Crippen molar-refractivity contribution in [1.82, 2.24) is 5.32 Å². The van der Waals surface area contributed by atoms with Crippen molar-refractivity contribution in [1.29, 1.82) is 0 Å². The molecule has 3 rings (SSSR count). The maximum absolute atomic E-state index is 12.4. The van der Waals surface area contributed by atoms with E-state index in [1.165, 1.54) is 0 Å². The molecule has 0 fully saturated rings. The number of amides is 1. The normalized spacial score (nSPS) is 9.00. The number of aliphatic imine (C=N–C) groups is 1. The van der Waals surface area contributed by atoms with Gasteiger partial charge in [-0.3, -0.25) is 4.79 Å². The summed E-state index contributed by atoms with van der Waals surface area (Å²) in [6, 6.07) is 19.0. The number of methoxy groups -OCH3 is 1. The van der Waals surface area contributed by atoms with Gasteiger partial charge in [0.25, 0.3) is 0 Å². The van der Waals surface area contributed by atoms with Gasteiger partial charge < -0.3 is 26.3 Å². The van der Waals surface area contributed by atoms with E-state index in [0.717, 1.165) is 23.3 Å². The van der Waals surface area contributed by atoms with Gasteiger partial charge in [-0.1, -0.05) is 29.8 Å². The van der Waals surface area contributed by atoms with Crippen LogP contribution in [-0.2, 0) is 36.8 Å². The lowest BCUT2D eigenvalue weighted by Crippen LogP contribution is -2.25. The zero-order chi connectivity index (χ0) is 30.6. The Balaban J connectivity index is 0.00000221. The zero-order valence-corrected chi connectivity index (χ0v) is 23.9. The van der Waals surface area contributed by atoms with Gasteiger partial charge in [0.05, 0.1) is 18.4 Å². The number of hydrogen-bond donors (Lipinski definition) is 3. The molecule has 1 amide bonds. The lowest BCUT2D eigenvalue weighted by molar-refractivity contribution is -0.193. The van der Waals surface area contributed by atoms with Crippen molar-refractivity contribution in [2.24, 2.45) is 16.5 Å². The van der Waals surface area contributed by atoms with Gasteiger partial charge in [0.1, 0.15) is 11.5 Å². The highest BCUT2D eigenvalue weighted by atomic mass is 35.5. The standard InChI is InChI=1S/C26H27ClN4O4.2CO2.ClH/c1-34-21-10-2-17(3-11-21)14-15-30-24(32)13-7-18-6-12-22(16-23(18)27)35-25(33)19-4-8-20(9-5-19)31-26(28)29;2*2-1-3;/h2-6,8-12,16H,7,13-15H2,1H3,(H,30,32)(H4,28,29,31);;;1H. The van der Waals surface area contributed by atoms with Crippen LogP contribution in [0.5, 0.6) is 11.5 Å². The number of nitrogens with two attached hydrogens (primary N) is 2. The Labute approximate surface area is 252 Å². The summed E-state index contributed by atoms with van der Waals surface area (Å²) >= 11 is 6.35. The number of carbonyl (C=O) groups is 2. The molecule has 222 valence electrons. The number of carbonyl (C=O) groups excluding carboxylic acids is 6. The number of benzene rings is 3. The maximum atomic E-state index is 12.4. The number of halogens is 2. The number of aryl methyl sites for hydroxylation is 1. The summed E-state index contributed by atoms with van der Waals surface area (Å²) in [7, 11) is 1.62. The number of nitrogens with one attached hydrogen (secondary N) is 1. The first kappa shape index (κ1) is 37.0. The van der Waals surface area contributed by atoms with Crippen LogP contribution in [0, 0.1) is 0 Å². The summed E-state index contributed by atoms with van der Waals surface area (Å²) < 4.78 is 10.5. The number of hydrogen-bond acceptors (Lipinski definition) is 9. The van der Waals surface area contributed by atoms with Crippen molar-refractivity contribution in [2.75, 3.05) is 13.7 Å². The molecular weight excluding hydrogens is 591 g/mol. The Kier molecular flexibility index (Phi) is 18.4. The molecule has 3 aromatic carbocycles. The van der Waals surface area contributed by atoms with E-state index in [2.05, 4.69) is 10.3 Å². The summed E-state index contributed by atoms with van der Waals surface area (Å²) in [5.41, 5.74) is 13.4. The summed E-state index contributed by atoms with van der Waals surface area (Å²) in [5.74, 6) is 0.436. The van der Waals surface area contributed by atoms with Crippen LogP contribution in [0.2, 0.25) is 5.02 Å². The summed E-state index contributed by atoms with van der Waals surface area (Å²) in [5, 5.41) is 3.34. The van der Waals surface area contributed by atoms with Crippen LogP contribution in [0.25, 0.3) is 0 Å². The molecule has 3 aromatic rings. The topological polar surface area (TPSA) is 197 Å². The fourth-order valence-electron chi connectivity index (χ4n) is 3.26. The van der Waals surface area contributed by atoms with Crippen molar-refractivity contribution in [3.05, 3.63) is 88.4 Å². The molecule has 0 aliphatic carbocycles. The Bertz CT molecular complexity index is 1370. The third-order valence-electron chi connectivity index (χ3n) is 5.11. The third kappa shape index (κ3) is 14.4. The molecule has 0 aliphatic rings. The number of guanidine groups is 1. The average molecular weight is 619 g/mol. The van der Waals surface area contributed by atoms with E-state index in [-0.39, 0.29) is 36.6 Å². The second-order valence-electron chi connectivity index (χ2n) is 7.84. The maximum Gasteiger partial charge on any atom is 0.373 e. The molecule has 0 bridgehead atoms. The highest BCUT2D eigenvalue weighted by molar-refractivity contribution is 6.31. The Morgan fingerprint density at radius 1 is 0.881 bits per heavy atom. The van der Waals surface area contributed by atoms with Gasteiger partial charge in [0, 0.05) is 18.0 Å². The highest BCUT2D eigenvalue weighted by Crippen LogP contribution is 2.25. The van der Waals surface area contributed by atoms with Crippen molar-refractivity contribution in [3.63, 3.8) is 0 Å². The lowest BCUT2D eigenvalue weighted by atomic mass is 10.1. The van der Waals surface area contributed by atoms with Crippen LogP contribution in [0.15, 0.2) is 71.7 Å². The van der Waals surface area contributed by atoms with Gasteiger partial charge in [-0.15, -0.1) is 12.4 Å². The van der Waals surface area contributed by atoms with Crippen LogP contribution in [0.4, 0.5) is 5.69 Å². The van der Waals surface area contributed by atoms with Crippen LogP contribution >= 0.6 is 24.0 Å². The molecule has 5 N–H and O–H groups in total. The van der Waals surface area contributed by atoms with E-state index >= 15 is 0 Å². The van der Waals surface area contributed by atoms with Crippen molar-refractivity contribution in [3.8, 4) is 11.5 Å². The minimum absolute atomic E-state index is 0.